The zero-order valence-electron chi connectivity index (χ0n) is 14.3. The van der Waals surface area contributed by atoms with E-state index in [2.05, 4.69) is 5.32 Å². The molecule has 8 heteroatoms. The fourth-order valence-electron chi connectivity index (χ4n) is 2.90. The van der Waals surface area contributed by atoms with E-state index >= 15 is 0 Å². The van der Waals surface area contributed by atoms with Crippen LogP contribution in [-0.2, 0) is 17.4 Å². The number of fused-ring (bicyclic) bond motifs is 1. The van der Waals surface area contributed by atoms with Crippen LogP contribution in [0.3, 0.4) is 0 Å². The molecule has 0 spiro atoms. The van der Waals surface area contributed by atoms with Gasteiger partial charge in [0.2, 0.25) is 5.91 Å². The molecule has 0 aliphatic heterocycles. The number of anilines is 1. The van der Waals surface area contributed by atoms with Crippen LogP contribution in [0.5, 0.6) is 0 Å². The summed E-state index contributed by atoms with van der Waals surface area (Å²) in [5.41, 5.74) is 1.81. The monoisotopic (exact) mass is 415 g/mol. The van der Waals surface area contributed by atoms with E-state index in [1.54, 1.807) is 6.07 Å². The molecule has 0 aliphatic rings. The molecular formula is C19H14Cl2F3NO2. The van der Waals surface area contributed by atoms with Gasteiger partial charge in [0.1, 0.15) is 5.58 Å². The molecule has 0 bridgehead atoms. The maximum absolute atomic E-state index is 12.9. The van der Waals surface area contributed by atoms with Crippen molar-refractivity contribution in [3.05, 3.63) is 62.8 Å². The smallest absolute Gasteiger partial charge is 0.416 e. The molecule has 1 amide bonds. The van der Waals surface area contributed by atoms with Gasteiger partial charge in [-0.1, -0.05) is 23.2 Å². The summed E-state index contributed by atoms with van der Waals surface area (Å²) < 4.78 is 44.0. The SMILES string of the molecule is Cc1cc2occ(CC(=O)Nc3cc(C(F)(F)F)ccc3Cl)c2c(C)c1Cl. The Morgan fingerprint density at radius 2 is 1.89 bits per heavy atom. The van der Waals surface area contributed by atoms with Crippen LogP contribution in [0, 0.1) is 13.8 Å². The lowest BCUT2D eigenvalue weighted by Gasteiger charge is -2.11. The van der Waals surface area contributed by atoms with Crippen molar-refractivity contribution in [3.63, 3.8) is 0 Å². The Kier molecular flexibility index (Phi) is 5.14. The molecule has 0 radical (unpaired) electrons. The highest BCUT2D eigenvalue weighted by molar-refractivity contribution is 6.34. The minimum absolute atomic E-state index is 0.0169. The lowest BCUT2D eigenvalue weighted by Crippen LogP contribution is -2.15. The van der Waals surface area contributed by atoms with Crippen LogP contribution in [0.4, 0.5) is 18.9 Å². The molecule has 0 saturated carbocycles. The Hall–Kier alpha value is -2.18. The highest BCUT2D eigenvalue weighted by atomic mass is 35.5. The average Bonchev–Trinajstić information content (AvgIpc) is 2.96. The van der Waals surface area contributed by atoms with Gasteiger partial charge in [-0.15, -0.1) is 0 Å². The van der Waals surface area contributed by atoms with Crippen molar-refractivity contribution < 1.29 is 22.4 Å². The van der Waals surface area contributed by atoms with Gasteiger partial charge >= 0.3 is 6.18 Å². The number of hydrogen-bond acceptors (Lipinski definition) is 2. The number of alkyl halides is 3. The Morgan fingerprint density at radius 3 is 2.56 bits per heavy atom. The van der Waals surface area contributed by atoms with Gasteiger partial charge in [-0.25, -0.2) is 0 Å². The molecule has 1 aromatic heterocycles. The number of hydrogen-bond donors (Lipinski definition) is 1. The molecule has 0 fully saturated rings. The van der Waals surface area contributed by atoms with Crippen LogP contribution in [0.2, 0.25) is 10.0 Å². The summed E-state index contributed by atoms with van der Waals surface area (Å²) in [6.45, 7) is 3.66. The van der Waals surface area contributed by atoms with Crippen molar-refractivity contribution in [2.24, 2.45) is 0 Å². The van der Waals surface area contributed by atoms with E-state index in [1.165, 1.54) is 6.26 Å². The number of amides is 1. The Bertz CT molecular complexity index is 1040. The molecule has 0 aliphatic carbocycles. The number of nitrogens with one attached hydrogen (secondary N) is 1. The molecule has 142 valence electrons. The molecule has 3 nitrogen and oxygen atoms in total. The van der Waals surface area contributed by atoms with Crippen molar-refractivity contribution in [3.8, 4) is 0 Å². The molecule has 3 rings (SSSR count). The summed E-state index contributed by atoms with van der Waals surface area (Å²) >= 11 is 12.2. The van der Waals surface area contributed by atoms with E-state index in [-0.39, 0.29) is 17.1 Å². The van der Waals surface area contributed by atoms with Crippen LogP contribution in [-0.4, -0.2) is 5.91 Å². The molecule has 0 saturated heterocycles. The van der Waals surface area contributed by atoms with Gasteiger partial charge in [-0.05, 0) is 49.2 Å². The number of carbonyl (C=O) groups excluding carboxylic acids is 1. The second-order valence-electron chi connectivity index (χ2n) is 6.18. The van der Waals surface area contributed by atoms with Gasteiger partial charge in [0.15, 0.2) is 0 Å². The van der Waals surface area contributed by atoms with Crippen molar-refractivity contribution in [2.45, 2.75) is 26.4 Å². The predicted molar refractivity (Wildman–Crippen MR) is 99.5 cm³/mol. The molecular weight excluding hydrogens is 402 g/mol. The molecule has 27 heavy (non-hydrogen) atoms. The summed E-state index contributed by atoms with van der Waals surface area (Å²) in [5, 5.41) is 3.74. The van der Waals surface area contributed by atoms with Crippen LogP contribution in [0.15, 0.2) is 34.9 Å². The topological polar surface area (TPSA) is 42.2 Å². The number of carbonyl (C=O) groups is 1. The first kappa shape index (κ1) is 19.6. The first-order valence-corrected chi connectivity index (χ1v) is 8.66. The standard InChI is InChI=1S/C19H14Cl2F3NO2/c1-9-5-15-17(10(2)18(9)21)11(8-27-15)6-16(26)25-14-7-12(19(22,23)24)3-4-13(14)20/h3-5,7-8H,6H2,1-2H3,(H,25,26). The second-order valence-corrected chi connectivity index (χ2v) is 6.97. The van der Waals surface area contributed by atoms with Crippen LogP contribution in [0.25, 0.3) is 11.0 Å². The van der Waals surface area contributed by atoms with Crippen molar-refractivity contribution in [2.75, 3.05) is 5.32 Å². The quantitative estimate of drug-likeness (QED) is 0.526. The van der Waals surface area contributed by atoms with Gasteiger partial charge in [0.25, 0.3) is 0 Å². The van der Waals surface area contributed by atoms with Crippen molar-refractivity contribution in [1.29, 1.82) is 0 Å². The number of furan rings is 1. The third kappa shape index (κ3) is 3.92. The molecule has 2 aromatic carbocycles. The lowest BCUT2D eigenvalue weighted by atomic mass is 10.0. The minimum atomic E-state index is -4.53. The Labute approximate surface area is 163 Å². The first-order chi connectivity index (χ1) is 12.6. The van der Waals surface area contributed by atoms with Crippen LogP contribution >= 0.6 is 23.2 Å². The molecule has 1 heterocycles. The fraction of sp³-hybridized carbons (Fsp3) is 0.211. The number of benzene rings is 2. The van der Waals surface area contributed by atoms with Crippen LogP contribution in [0.1, 0.15) is 22.3 Å². The number of aryl methyl sites for hydroxylation is 2. The summed E-state index contributed by atoms with van der Waals surface area (Å²) in [4.78, 5) is 12.4. The third-order valence-electron chi connectivity index (χ3n) is 4.21. The van der Waals surface area contributed by atoms with E-state index < -0.39 is 17.6 Å². The third-order valence-corrected chi connectivity index (χ3v) is 5.12. The lowest BCUT2D eigenvalue weighted by molar-refractivity contribution is -0.137. The second kappa shape index (κ2) is 7.09. The zero-order chi connectivity index (χ0) is 19.9. The van der Waals surface area contributed by atoms with Gasteiger partial charge in [-0.3, -0.25) is 4.79 Å². The number of rotatable bonds is 3. The van der Waals surface area contributed by atoms with E-state index in [0.717, 1.165) is 34.7 Å². The summed E-state index contributed by atoms with van der Waals surface area (Å²) in [6, 6.07) is 4.53. The zero-order valence-corrected chi connectivity index (χ0v) is 15.8. The summed E-state index contributed by atoms with van der Waals surface area (Å²) in [5.74, 6) is -0.518. The maximum Gasteiger partial charge on any atom is 0.416 e. The van der Waals surface area contributed by atoms with Crippen molar-refractivity contribution >= 4 is 45.8 Å². The molecule has 0 atom stereocenters. The molecule has 0 unspecified atom stereocenters. The molecule has 3 aromatic rings. The van der Waals surface area contributed by atoms with Crippen LogP contribution < -0.4 is 5.32 Å². The van der Waals surface area contributed by atoms with E-state index in [9.17, 15) is 18.0 Å². The van der Waals surface area contributed by atoms with Gasteiger partial charge in [0, 0.05) is 16.0 Å². The largest absolute Gasteiger partial charge is 0.464 e. The highest BCUT2D eigenvalue weighted by Crippen LogP contribution is 2.35. The fourth-order valence-corrected chi connectivity index (χ4v) is 3.22. The van der Waals surface area contributed by atoms with E-state index in [1.807, 2.05) is 13.8 Å². The average molecular weight is 416 g/mol. The van der Waals surface area contributed by atoms with Gasteiger partial charge < -0.3 is 9.73 Å². The first-order valence-electron chi connectivity index (χ1n) is 7.90. The predicted octanol–water partition coefficient (Wildman–Crippen LogP) is 6.56. The summed E-state index contributed by atoms with van der Waals surface area (Å²) in [6.07, 6.45) is -3.18. The summed E-state index contributed by atoms with van der Waals surface area (Å²) in [7, 11) is 0. The Balaban J connectivity index is 1.87. The normalized spacial score (nSPS) is 11.8. The molecule has 1 N–H and O–H groups in total. The van der Waals surface area contributed by atoms with Gasteiger partial charge in [0.05, 0.1) is 29.0 Å². The minimum Gasteiger partial charge on any atom is -0.464 e. The van der Waals surface area contributed by atoms with E-state index in [0.29, 0.717) is 16.2 Å². The highest BCUT2D eigenvalue weighted by Gasteiger charge is 2.31. The Morgan fingerprint density at radius 1 is 1.19 bits per heavy atom. The van der Waals surface area contributed by atoms with Crippen molar-refractivity contribution in [1.82, 2.24) is 0 Å². The van der Waals surface area contributed by atoms with Gasteiger partial charge in [-0.2, -0.15) is 13.2 Å². The maximum atomic E-state index is 12.9. The number of halogens is 5. The van der Waals surface area contributed by atoms with E-state index in [4.69, 9.17) is 27.6 Å².